The van der Waals surface area contributed by atoms with E-state index < -0.39 is 0 Å². The number of rotatable bonds is 5. The van der Waals surface area contributed by atoms with E-state index in [1.807, 2.05) is 6.92 Å². The van der Waals surface area contributed by atoms with Crippen molar-refractivity contribution in [3.63, 3.8) is 0 Å². The number of nitrogens with two attached hydrogens (primary N) is 1. The first-order valence-corrected chi connectivity index (χ1v) is 6.10. The fraction of sp³-hybridized carbons (Fsp3) is 0.500. The van der Waals surface area contributed by atoms with Crippen LogP contribution in [0, 0.1) is 0 Å². The zero-order chi connectivity index (χ0) is 12.8. The Labute approximate surface area is 109 Å². The van der Waals surface area contributed by atoms with E-state index in [1.165, 1.54) is 0 Å². The first-order chi connectivity index (χ1) is 8.02. The molecule has 0 fully saturated rings. The molecule has 0 saturated heterocycles. The van der Waals surface area contributed by atoms with Crippen molar-refractivity contribution in [2.24, 2.45) is 0 Å². The Hall–Kier alpha value is -1.37. The van der Waals surface area contributed by atoms with E-state index in [1.54, 1.807) is 18.0 Å². The van der Waals surface area contributed by atoms with Crippen LogP contribution in [-0.4, -0.2) is 36.0 Å². The molecule has 0 aromatic carbocycles. The van der Waals surface area contributed by atoms with Crippen molar-refractivity contribution in [1.82, 2.24) is 15.3 Å². The number of hydrogen-bond acceptors (Lipinski definition) is 5. The summed E-state index contributed by atoms with van der Waals surface area (Å²) in [6.07, 6.45) is 0.912. The molecule has 0 atom stereocenters. The van der Waals surface area contributed by atoms with Crippen LogP contribution in [-0.2, 0) is 4.79 Å². The summed E-state index contributed by atoms with van der Waals surface area (Å²) >= 11 is 3.23. The minimum atomic E-state index is -0.0588. The molecule has 1 heterocycles. The number of nitrogens with zero attached hydrogens (tertiary/aromatic N) is 3. The average molecular weight is 302 g/mol. The fourth-order valence-corrected chi connectivity index (χ4v) is 1.59. The zero-order valence-corrected chi connectivity index (χ0v) is 11.5. The molecular weight excluding hydrogens is 286 g/mol. The topological polar surface area (TPSA) is 84.1 Å². The Morgan fingerprint density at radius 1 is 1.59 bits per heavy atom. The summed E-state index contributed by atoms with van der Waals surface area (Å²) in [5.74, 6) is 0.725. The number of halogens is 1. The Balaban J connectivity index is 2.63. The van der Waals surface area contributed by atoms with E-state index in [0.717, 1.165) is 6.42 Å². The second kappa shape index (κ2) is 6.39. The van der Waals surface area contributed by atoms with E-state index in [4.69, 9.17) is 5.73 Å². The maximum absolute atomic E-state index is 11.5. The molecule has 1 aromatic rings. The SMILES string of the molecule is CCCNC(=O)CN(C)c1nc(N)cc(Br)n1. The first-order valence-electron chi connectivity index (χ1n) is 5.30. The van der Waals surface area contributed by atoms with E-state index in [-0.39, 0.29) is 12.5 Å². The summed E-state index contributed by atoms with van der Waals surface area (Å²) in [5, 5.41) is 2.78. The monoisotopic (exact) mass is 301 g/mol. The summed E-state index contributed by atoms with van der Waals surface area (Å²) in [7, 11) is 1.74. The summed E-state index contributed by atoms with van der Waals surface area (Å²) in [5.41, 5.74) is 5.60. The molecule has 0 aliphatic rings. The first kappa shape index (κ1) is 13.7. The van der Waals surface area contributed by atoms with Gasteiger partial charge >= 0.3 is 0 Å². The molecule has 7 heteroatoms. The molecule has 0 bridgehead atoms. The maximum atomic E-state index is 11.5. The van der Waals surface area contributed by atoms with Gasteiger partial charge in [-0.25, -0.2) is 4.98 Å². The molecule has 0 aliphatic carbocycles. The molecule has 1 amide bonds. The third kappa shape index (κ3) is 4.56. The van der Waals surface area contributed by atoms with Crippen molar-refractivity contribution in [2.75, 3.05) is 30.8 Å². The molecule has 0 spiro atoms. The smallest absolute Gasteiger partial charge is 0.239 e. The molecule has 0 saturated carbocycles. The van der Waals surface area contributed by atoms with E-state index >= 15 is 0 Å². The largest absolute Gasteiger partial charge is 0.383 e. The number of hydrogen-bond donors (Lipinski definition) is 2. The lowest BCUT2D eigenvalue weighted by molar-refractivity contribution is -0.119. The van der Waals surface area contributed by atoms with Gasteiger partial charge in [0.1, 0.15) is 10.4 Å². The summed E-state index contributed by atoms with van der Waals surface area (Å²) in [6, 6.07) is 1.61. The van der Waals surface area contributed by atoms with Gasteiger partial charge in [0, 0.05) is 19.7 Å². The van der Waals surface area contributed by atoms with Crippen molar-refractivity contribution in [3.05, 3.63) is 10.7 Å². The van der Waals surface area contributed by atoms with Crippen LogP contribution < -0.4 is 16.0 Å². The number of aromatic nitrogens is 2. The highest BCUT2D eigenvalue weighted by molar-refractivity contribution is 9.10. The van der Waals surface area contributed by atoms with Crippen LogP contribution in [0.15, 0.2) is 10.7 Å². The standard InChI is InChI=1S/C10H16BrN5O/c1-3-4-13-9(17)6-16(2)10-14-7(11)5-8(12)15-10/h5H,3-4,6H2,1-2H3,(H,13,17)(H2,12,14,15). The third-order valence-corrected chi connectivity index (χ3v) is 2.40. The van der Waals surface area contributed by atoms with Gasteiger partial charge in [-0.3, -0.25) is 4.79 Å². The van der Waals surface area contributed by atoms with E-state index in [0.29, 0.717) is 22.9 Å². The number of carbonyl (C=O) groups is 1. The molecule has 17 heavy (non-hydrogen) atoms. The van der Waals surface area contributed by atoms with Gasteiger partial charge in [-0.2, -0.15) is 4.98 Å². The highest BCUT2D eigenvalue weighted by atomic mass is 79.9. The number of anilines is 2. The van der Waals surface area contributed by atoms with Gasteiger partial charge in [0.05, 0.1) is 6.54 Å². The molecule has 3 N–H and O–H groups in total. The molecule has 0 unspecified atom stereocenters. The predicted molar refractivity (Wildman–Crippen MR) is 70.7 cm³/mol. The molecule has 0 aliphatic heterocycles. The quantitative estimate of drug-likeness (QED) is 0.785. The van der Waals surface area contributed by atoms with Gasteiger partial charge in [-0.15, -0.1) is 0 Å². The Bertz CT molecular complexity index is 378. The summed E-state index contributed by atoms with van der Waals surface area (Å²) in [6.45, 7) is 2.88. The summed E-state index contributed by atoms with van der Waals surface area (Å²) in [4.78, 5) is 21.3. The highest BCUT2D eigenvalue weighted by Gasteiger charge is 2.10. The van der Waals surface area contributed by atoms with Gasteiger partial charge in [-0.05, 0) is 22.4 Å². The van der Waals surface area contributed by atoms with Gasteiger partial charge < -0.3 is 16.0 Å². The zero-order valence-electron chi connectivity index (χ0n) is 9.90. The van der Waals surface area contributed by atoms with Gasteiger partial charge in [0.2, 0.25) is 11.9 Å². The predicted octanol–water partition coefficient (Wildman–Crippen LogP) is 0.784. The van der Waals surface area contributed by atoms with Gasteiger partial charge in [0.25, 0.3) is 0 Å². The highest BCUT2D eigenvalue weighted by Crippen LogP contribution is 2.14. The lowest BCUT2D eigenvalue weighted by atomic mass is 10.4. The van der Waals surface area contributed by atoms with Crippen LogP contribution in [0.4, 0.5) is 11.8 Å². The normalized spacial score (nSPS) is 10.1. The van der Waals surface area contributed by atoms with Crippen molar-refractivity contribution in [3.8, 4) is 0 Å². The third-order valence-electron chi connectivity index (χ3n) is 2.00. The Morgan fingerprint density at radius 3 is 2.88 bits per heavy atom. The second-order valence-corrected chi connectivity index (χ2v) is 4.43. The van der Waals surface area contributed by atoms with Crippen molar-refractivity contribution in [1.29, 1.82) is 0 Å². The summed E-state index contributed by atoms with van der Waals surface area (Å²) < 4.78 is 0.598. The van der Waals surface area contributed by atoms with Crippen molar-refractivity contribution < 1.29 is 4.79 Å². The van der Waals surface area contributed by atoms with E-state index in [9.17, 15) is 4.79 Å². The maximum Gasteiger partial charge on any atom is 0.239 e. The second-order valence-electron chi connectivity index (χ2n) is 3.62. The van der Waals surface area contributed by atoms with Crippen LogP contribution in [0.3, 0.4) is 0 Å². The Morgan fingerprint density at radius 2 is 2.29 bits per heavy atom. The average Bonchev–Trinajstić information content (AvgIpc) is 2.25. The van der Waals surface area contributed by atoms with Crippen LogP contribution in [0.25, 0.3) is 0 Å². The van der Waals surface area contributed by atoms with Crippen LogP contribution in [0.1, 0.15) is 13.3 Å². The van der Waals surface area contributed by atoms with Gasteiger partial charge in [-0.1, -0.05) is 6.92 Å². The molecule has 6 nitrogen and oxygen atoms in total. The molecule has 1 aromatic heterocycles. The molecule has 0 radical (unpaired) electrons. The number of nitrogens with one attached hydrogen (secondary N) is 1. The van der Waals surface area contributed by atoms with Crippen LogP contribution in [0.5, 0.6) is 0 Å². The lowest BCUT2D eigenvalue weighted by Gasteiger charge is -2.16. The van der Waals surface area contributed by atoms with Crippen molar-refractivity contribution >= 4 is 33.6 Å². The number of likely N-dealkylation sites (N-methyl/N-ethyl adjacent to an activating group) is 1. The van der Waals surface area contributed by atoms with Gasteiger partial charge in [0.15, 0.2) is 0 Å². The fourth-order valence-electron chi connectivity index (χ4n) is 1.20. The number of amides is 1. The number of carbonyl (C=O) groups excluding carboxylic acids is 1. The Kier molecular flexibility index (Phi) is 5.14. The van der Waals surface area contributed by atoms with Crippen molar-refractivity contribution in [2.45, 2.75) is 13.3 Å². The molecule has 1 rings (SSSR count). The van der Waals surface area contributed by atoms with Crippen LogP contribution in [0.2, 0.25) is 0 Å². The van der Waals surface area contributed by atoms with Crippen LogP contribution >= 0.6 is 15.9 Å². The molecule has 94 valence electrons. The lowest BCUT2D eigenvalue weighted by Crippen LogP contribution is -2.36. The minimum absolute atomic E-state index is 0.0588. The number of nitrogen functional groups attached to an aromatic ring is 1. The van der Waals surface area contributed by atoms with E-state index in [2.05, 4.69) is 31.2 Å². The molecular formula is C10H16BrN5O. The minimum Gasteiger partial charge on any atom is -0.383 e.